The number of fused-ring (bicyclic) bond motifs is 6. The second-order valence-electron chi connectivity index (χ2n) is 14.5. The van der Waals surface area contributed by atoms with Crippen molar-refractivity contribution in [3.8, 4) is 39.1 Å². The number of aromatic nitrogens is 1. The molecule has 0 aliphatic carbocycles. The summed E-state index contributed by atoms with van der Waals surface area (Å²) in [7, 11) is 0. The van der Waals surface area contributed by atoms with Gasteiger partial charge in [-0.05, 0) is 100 Å². The van der Waals surface area contributed by atoms with Gasteiger partial charge in [0.1, 0.15) is 0 Å². The number of hydrogen-bond donors (Lipinski definition) is 0. The topological polar surface area (TPSA) is 8.17 Å². The molecule has 0 bridgehead atoms. The lowest BCUT2D eigenvalue weighted by molar-refractivity contribution is 1.18. The fraction of sp³-hybridized carbons (Fsp3) is 0. The van der Waals surface area contributed by atoms with E-state index in [1.54, 1.807) is 0 Å². The number of rotatable bonds is 7. The first-order chi connectivity index (χ1) is 28.3. The Hall–Kier alpha value is -7.20. The summed E-state index contributed by atoms with van der Waals surface area (Å²) in [5.74, 6) is 0. The molecule has 0 amide bonds. The number of hydrogen-bond acceptors (Lipinski definition) is 2. The third-order valence-electron chi connectivity index (χ3n) is 11.2. The molecule has 11 rings (SSSR count). The molecule has 2 heterocycles. The molecular formula is C54H36N2S. The molecule has 2 nitrogen and oxygen atoms in total. The van der Waals surface area contributed by atoms with E-state index in [9.17, 15) is 0 Å². The highest BCUT2D eigenvalue weighted by atomic mass is 32.1. The molecule has 2 aromatic heterocycles. The average molecular weight is 745 g/mol. The molecule has 9 aromatic carbocycles. The molecule has 0 aliphatic rings. The van der Waals surface area contributed by atoms with Gasteiger partial charge in [0.15, 0.2) is 0 Å². The van der Waals surface area contributed by atoms with Crippen molar-refractivity contribution < 1.29 is 0 Å². The van der Waals surface area contributed by atoms with Crippen LogP contribution >= 0.6 is 11.3 Å². The van der Waals surface area contributed by atoms with E-state index in [0.29, 0.717) is 0 Å². The summed E-state index contributed by atoms with van der Waals surface area (Å²) < 4.78 is 4.98. The zero-order valence-electron chi connectivity index (χ0n) is 31.1. The smallest absolute Gasteiger partial charge is 0.0640 e. The van der Waals surface area contributed by atoms with Crippen LogP contribution in [-0.2, 0) is 0 Å². The number of para-hydroxylation sites is 1. The molecule has 0 spiro atoms. The molecule has 268 valence electrons. The third kappa shape index (κ3) is 5.80. The molecule has 3 heteroatoms. The maximum Gasteiger partial charge on any atom is 0.0640 e. The summed E-state index contributed by atoms with van der Waals surface area (Å²) in [4.78, 5) is 2.41. The van der Waals surface area contributed by atoms with Crippen molar-refractivity contribution in [1.29, 1.82) is 0 Å². The summed E-state index contributed by atoms with van der Waals surface area (Å²) >= 11 is 1.86. The van der Waals surface area contributed by atoms with Crippen LogP contribution in [0.25, 0.3) is 81.0 Å². The van der Waals surface area contributed by atoms with Gasteiger partial charge in [0.2, 0.25) is 0 Å². The molecular weight excluding hydrogens is 709 g/mol. The SMILES string of the molecule is c1ccc(-c2ccc(N(c3ccc(-c4ccc5c(c4)c4ccccc4n5-c4ccc(-c5ccccc5)cc4)cc3)c3cccc4c3sc3ccccc34)cc2)cc1. The summed E-state index contributed by atoms with van der Waals surface area (Å²) in [6, 6.07) is 79.3. The van der Waals surface area contributed by atoms with Crippen molar-refractivity contribution in [1.82, 2.24) is 4.57 Å². The molecule has 0 aliphatic heterocycles. The van der Waals surface area contributed by atoms with Gasteiger partial charge in [-0.15, -0.1) is 11.3 Å². The molecule has 0 radical (unpaired) electrons. The molecule has 0 saturated carbocycles. The van der Waals surface area contributed by atoms with Gasteiger partial charge < -0.3 is 9.47 Å². The van der Waals surface area contributed by atoms with Crippen LogP contribution in [-0.4, -0.2) is 4.57 Å². The van der Waals surface area contributed by atoms with Crippen LogP contribution in [0.1, 0.15) is 0 Å². The maximum atomic E-state index is 2.41. The van der Waals surface area contributed by atoms with Crippen LogP contribution in [0.3, 0.4) is 0 Å². The standard InChI is InChI=1S/C54H36N2S/c1-3-12-37(13-4-1)39-22-29-43(30-23-39)55(52-20-11-18-48-47-17-8-10-21-53(47)57-54(48)52)44-31-26-41(27-32-44)42-28-35-51-49(36-42)46-16-7-9-19-50(46)56(51)45-33-24-40(25-34-45)38-14-5-2-6-15-38/h1-36H. The Balaban J connectivity index is 0.996. The Labute approximate surface area is 335 Å². The fourth-order valence-electron chi connectivity index (χ4n) is 8.44. The summed E-state index contributed by atoms with van der Waals surface area (Å²) in [5.41, 5.74) is 14.2. The third-order valence-corrected chi connectivity index (χ3v) is 12.4. The average Bonchev–Trinajstić information content (AvgIpc) is 3.84. The van der Waals surface area contributed by atoms with E-state index < -0.39 is 0 Å². The predicted octanol–water partition coefficient (Wildman–Crippen LogP) is 15.6. The van der Waals surface area contributed by atoms with Crippen molar-refractivity contribution >= 4 is 70.4 Å². The van der Waals surface area contributed by atoms with E-state index in [-0.39, 0.29) is 0 Å². The van der Waals surface area contributed by atoms with Crippen LogP contribution < -0.4 is 4.90 Å². The zero-order valence-corrected chi connectivity index (χ0v) is 31.9. The minimum Gasteiger partial charge on any atom is -0.309 e. The van der Waals surface area contributed by atoms with E-state index in [1.165, 1.54) is 81.0 Å². The predicted molar refractivity (Wildman–Crippen MR) is 245 cm³/mol. The Bertz CT molecular complexity index is 3200. The van der Waals surface area contributed by atoms with E-state index in [2.05, 4.69) is 228 Å². The Kier molecular flexibility index (Phi) is 8.04. The first kappa shape index (κ1) is 33.2. The van der Waals surface area contributed by atoms with E-state index in [4.69, 9.17) is 0 Å². The minimum absolute atomic E-state index is 1.12. The van der Waals surface area contributed by atoms with Crippen LogP contribution in [0.5, 0.6) is 0 Å². The Morgan fingerprint density at radius 3 is 1.49 bits per heavy atom. The van der Waals surface area contributed by atoms with Crippen molar-refractivity contribution in [2.75, 3.05) is 4.90 Å². The molecule has 57 heavy (non-hydrogen) atoms. The van der Waals surface area contributed by atoms with Gasteiger partial charge in [-0.25, -0.2) is 0 Å². The minimum atomic E-state index is 1.12. The lowest BCUT2D eigenvalue weighted by Crippen LogP contribution is -2.10. The van der Waals surface area contributed by atoms with Crippen molar-refractivity contribution in [2.45, 2.75) is 0 Å². The summed E-state index contributed by atoms with van der Waals surface area (Å²) in [6.07, 6.45) is 0. The van der Waals surface area contributed by atoms with Gasteiger partial charge in [0.05, 0.1) is 21.4 Å². The first-order valence-electron chi connectivity index (χ1n) is 19.4. The van der Waals surface area contributed by atoms with E-state index >= 15 is 0 Å². The highest BCUT2D eigenvalue weighted by Gasteiger charge is 2.19. The molecule has 0 atom stereocenters. The highest BCUT2D eigenvalue weighted by Crippen LogP contribution is 2.45. The molecule has 0 unspecified atom stereocenters. The quantitative estimate of drug-likeness (QED) is 0.158. The van der Waals surface area contributed by atoms with Gasteiger partial charge in [0.25, 0.3) is 0 Å². The summed E-state index contributed by atoms with van der Waals surface area (Å²) in [5, 5.41) is 5.08. The van der Waals surface area contributed by atoms with Gasteiger partial charge >= 0.3 is 0 Å². The van der Waals surface area contributed by atoms with Crippen LogP contribution in [0.2, 0.25) is 0 Å². The zero-order chi connectivity index (χ0) is 37.7. The Morgan fingerprint density at radius 1 is 0.333 bits per heavy atom. The first-order valence-corrected chi connectivity index (χ1v) is 20.2. The van der Waals surface area contributed by atoms with Crippen molar-refractivity contribution in [3.05, 3.63) is 218 Å². The number of anilines is 3. The van der Waals surface area contributed by atoms with Crippen molar-refractivity contribution in [2.24, 2.45) is 0 Å². The van der Waals surface area contributed by atoms with Gasteiger partial charge in [-0.2, -0.15) is 0 Å². The maximum absolute atomic E-state index is 2.41. The highest BCUT2D eigenvalue weighted by molar-refractivity contribution is 7.26. The van der Waals surface area contributed by atoms with Gasteiger partial charge in [-0.1, -0.05) is 152 Å². The largest absolute Gasteiger partial charge is 0.309 e. The summed E-state index contributed by atoms with van der Waals surface area (Å²) in [6.45, 7) is 0. The van der Waals surface area contributed by atoms with Gasteiger partial charge in [-0.3, -0.25) is 0 Å². The lowest BCUT2D eigenvalue weighted by atomic mass is 10.0. The normalized spacial score (nSPS) is 11.5. The number of thiophene rings is 1. The van der Waals surface area contributed by atoms with E-state index in [0.717, 1.165) is 17.1 Å². The second kappa shape index (κ2) is 13.8. The molecule has 11 aromatic rings. The van der Waals surface area contributed by atoms with Gasteiger partial charge in [0, 0.05) is 43.3 Å². The monoisotopic (exact) mass is 744 g/mol. The second-order valence-corrected chi connectivity index (χ2v) is 15.6. The molecule has 0 saturated heterocycles. The molecule has 0 fully saturated rings. The fourth-order valence-corrected chi connectivity index (χ4v) is 9.64. The lowest BCUT2D eigenvalue weighted by Gasteiger charge is -2.26. The van der Waals surface area contributed by atoms with Crippen LogP contribution in [0.15, 0.2) is 218 Å². The number of benzene rings is 9. The van der Waals surface area contributed by atoms with Crippen LogP contribution in [0, 0.1) is 0 Å². The Morgan fingerprint density at radius 2 is 0.825 bits per heavy atom. The molecule has 0 N–H and O–H groups in total. The van der Waals surface area contributed by atoms with E-state index in [1.807, 2.05) is 11.3 Å². The van der Waals surface area contributed by atoms with Crippen LogP contribution in [0.4, 0.5) is 17.1 Å². The van der Waals surface area contributed by atoms with Crippen molar-refractivity contribution in [3.63, 3.8) is 0 Å². The number of nitrogens with zero attached hydrogens (tertiary/aromatic N) is 2.